The van der Waals surface area contributed by atoms with E-state index in [1.807, 2.05) is 48.7 Å². The highest BCUT2D eigenvalue weighted by Gasteiger charge is 2.22. The van der Waals surface area contributed by atoms with Crippen LogP contribution in [0.3, 0.4) is 0 Å². The second-order valence-corrected chi connectivity index (χ2v) is 7.48. The lowest BCUT2D eigenvalue weighted by atomic mass is 9.94. The Morgan fingerprint density at radius 3 is 2.39 bits per heavy atom. The van der Waals surface area contributed by atoms with E-state index in [0.717, 1.165) is 33.7 Å². The monoisotopic (exact) mass is 369 g/mol. The Labute approximate surface area is 164 Å². The van der Waals surface area contributed by atoms with Gasteiger partial charge in [-0.25, -0.2) is 4.98 Å². The molecule has 1 saturated carbocycles. The van der Waals surface area contributed by atoms with Gasteiger partial charge in [-0.3, -0.25) is 0 Å². The molecule has 28 heavy (non-hydrogen) atoms. The molecule has 140 valence electrons. The largest absolute Gasteiger partial charge is 0.457 e. The minimum atomic E-state index is 0.597. The summed E-state index contributed by atoms with van der Waals surface area (Å²) in [5.74, 6) is 2.88. The van der Waals surface area contributed by atoms with E-state index < -0.39 is 0 Å². The van der Waals surface area contributed by atoms with Gasteiger partial charge in [-0.1, -0.05) is 31.0 Å². The van der Waals surface area contributed by atoms with Crippen molar-refractivity contribution in [2.75, 3.05) is 5.73 Å². The van der Waals surface area contributed by atoms with Crippen LogP contribution in [0.4, 0.5) is 5.82 Å². The summed E-state index contributed by atoms with van der Waals surface area (Å²) in [7, 11) is 0. The number of benzene rings is 2. The first-order valence-electron chi connectivity index (χ1n) is 9.89. The van der Waals surface area contributed by atoms with E-state index in [-0.39, 0.29) is 0 Å². The van der Waals surface area contributed by atoms with E-state index in [1.54, 1.807) is 0 Å². The molecule has 2 aromatic heterocycles. The van der Waals surface area contributed by atoms with Crippen molar-refractivity contribution in [2.45, 2.75) is 31.6 Å². The summed E-state index contributed by atoms with van der Waals surface area (Å²) in [6.45, 7) is 0. The van der Waals surface area contributed by atoms with Crippen molar-refractivity contribution < 1.29 is 4.74 Å². The van der Waals surface area contributed by atoms with E-state index in [0.29, 0.717) is 11.7 Å². The summed E-state index contributed by atoms with van der Waals surface area (Å²) >= 11 is 0. The lowest BCUT2D eigenvalue weighted by Crippen LogP contribution is -1.97. The number of aromatic amines is 1. The fraction of sp³-hybridized carbons (Fsp3) is 0.208. The molecule has 0 bridgehead atoms. The normalized spacial score (nSPS) is 14.6. The second-order valence-electron chi connectivity index (χ2n) is 7.48. The van der Waals surface area contributed by atoms with Gasteiger partial charge in [0.25, 0.3) is 0 Å². The molecule has 3 N–H and O–H groups in total. The number of H-pyrrole nitrogens is 1. The van der Waals surface area contributed by atoms with Crippen LogP contribution in [-0.4, -0.2) is 9.97 Å². The van der Waals surface area contributed by atoms with Gasteiger partial charge in [0, 0.05) is 17.1 Å². The number of para-hydroxylation sites is 1. The first kappa shape index (κ1) is 16.9. The minimum absolute atomic E-state index is 0.597. The van der Waals surface area contributed by atoms with E-state index in [1.165, 1.54) is 31.2 Å². The number of hydrogen-bond donors (Lipinski definition) is 2. The molecule has 4 nitrogen and oxygen atoms in total. The molecule has 4 aromatic rings. The van der Waals surface area contributed by atoms with Crippen LogP contribution in [0, 0.1) is 0 Å². The Morgan fingerprint density at radius 2 is 1.64 bits per heavy atom. The molecule has 0 spiro atoms. The topological polar surface area (TPSA) is 63.9 Å². The van der Waals surface area contributed by atoms with Gasteiger partial charge in [0.05, 0.1) is 5.69 Å². The molecule has 4 heteroatoms. The molecule has 0 atom stereocenters. The summed E-state index contributed by atoms with van der Waals surface area (Å²) < 4.78 is 5.91. The van der Waals surface area contributed by atoms with Crippen LogP contribution < -0.4 is 10.5 Å². The first-order valence-corrected chi connectivity index (χ1v) is 9.89. The van der Waals surface area contributed by atoms with Crippen LogP contribution >= 0.6 is 0 Å². The molecule has 1 aliphatic carbocycles. The number of hydrogen-bond acceptors (Lipinski definition) is 3. The van der Waals surface area contributed by atoms with Crippen molar-refractivity contribution in [3.63, 3.8) is 0 Å². The highest BCUT2D eigenvalue weighted by Crippen LogP contribution is 2.40. The van der Waals surface area contributed by atoms with Crippen molar-refractivity contribution >= 4 is 16.7 Å². The molecule has 2 aromatic carbocycles. The lowest BCUT2D eigenvalue weighted by molar-refractivity contribution is 0.483. The number of ether oxygens (including phenoxy) is 1. The van der Waals surface area contributed by atoms with Crippen molar-refractivity contribution in [2.24, 2.45) is 0 Å². The van der Waals surface area contributed by atoms with Crippen LogP contribution in [0.15, 0.2) is 66.9 Å². The zero-order chi connectivity index (χ0) is 18.9. The van der Waals surface area contributed by atoms with Crippen LogP contribution in [0.1, 0.15) is 37.2 Å². The van der Waals surface area contributed by atoms with E-state index in [2.05, 4.69) is 23.2 Å². The van der Waals surface area contributed by atoms with E-state index >= 15 is 0 Å². The van der Waals surface area contributed by atoms with Crippen molar-refractivity contribution in [1.82, 2.24) is 9.97 Å². The molecule has 0 unspecified atom stereocenters. The third kappa shape index (κ3) is 3.11. The molecular weight excluding hydrogens is 346 g/mol. The lowest BCUT2D eigenvalue weighted by Gasteiger charge is -2.13. The molecular formula is C24H23N3O. The van der Waals surface area contributed by atoms with Gasteiger partial charge >= 0.3 is 0 Å². The van der Waals surface area contributed by atoms with Crippen molar-refractivity contribution in [1.29, 1.82) is 0 Å². The van der Waals surface area contributed by atoms with E-state index in [4.69, 9.17) is 15.5 Å². The third-order valence-corrected chi connectivity index (χ3v) is 5.64. The predicted molar refractivity (Wildman–Crippen MR) is 114 cm³/mol. The number of nitrogen functional groups attached to an aromatic ring is 1. The number of fused-ring (bicyclic) bond motifs is 1. The predicted octanol–water partition coefficient (Wildman–Crippen LogP) is 6.26. The summed E-state index contributed by atoms with van der Waals surface area (Å²) in [5, 5.41) is 1.16. The molecule has 0 aliphatic heterocycles. The fourth-order valence-corrected chi connectivity index (χ4v) is 4.19. The Bertz CT molecular complexity index is 1090. The summed E-state index contributed by atoms with van der Waals surface area (Å²) in [6, 6.07) is 20.2. The minimum Gasteiger partial charge on any atom is -0.457 e. The summed E-state index contributed by atoms with van der Waals surface area (Å²) in [4.78, 5) is 8.00. The molecule has 1 fully saturated rings. The number of aromatic nitrogens is 2. The van der Waals surface area contributed by atoms with Gasteiger partial charge in [-0.2, -0.15) is 0 Å². The van der Waals surface area contributed by atoms with Gasteiger partial charge in [-0.15, -0.1) is 0 Å². The maximum atomic E-state index is 6.16. The Hall–Kier alpha value is -3.27. The molecule has 2 heterocycles. The Kier molecular flexibility index (Phi) is 4.24. The highest BCUT2D eigenvalue weighted by atomic mass is 16.5. The van der Waals surface area contributed by atoms with E-state index in [9.17, 15) is 0 Å². The van der Waals surface area contributed by atoms with Gasteiger partial charge in [-0.05, 0) is 66.8 Å². The smallest absolute Gasteiger partial charge is 0.127 e. The van der Waals surface area contributed by atoms with Gasteiger partial charge in [0.15, 0.2) is 0 Å². The number of nitrogens with one attached hydrogen (secondary N) is 1. The van der Waals surface area contributed by atoms with Gasteiger partial charge in [0.2, 0.25) is 0 Å². The maximum Gasteiger partial charge on any atom is 0.127 e. The molecule has 5 rings (SSSR count). The molecule has 0 amide bonds. The molecule has 1 aliphatic rings. The number of anilines is 1. The van der Waals surface area contributed by atoms with Gasteiger partial charge in [0.1, 0.15) is 22.8 Å². The van der Waals surface area contributed by atoms with Crippen LogP contribution in [-0.2, 0) is 0 Å². The van der Waals surface area contributed by atoms with Crippen molar-refractivity contribution in [3.8, 4) is 22.8 Å². The van der Waals surface area contributed by atoms with Crippen LogP contribution in [0.2, 0.25) is 0 Å². The Balaban J connectivity index is 1.51. The SMILES string of the molecule is Nc1[nH]cc2c(C3CCCC3)cc(-c3ccc(Oc4ccccc4)cc3)nc12. The Morgan fingerprint density at radius 1 is 0.929 bits per heavy atom. The zero-order valence-corrected chi connectivity index (χ0v) is 15.7. The average Bonchev–Trinajstić information content (AvgIpc) is 3.39. The number of nitrogens with two attached hydrogens (primary N) is 1. The summed E-state index contributed by atoms with van der Waals surface area (Å²) in [6.07, 6.45) is 7.09. The van der Waals surface area contributed by atoms with Gasteiger partial charge < -0.3 is 15.5 Å². The van der Waals surface area contributed by atoms with Crippen LogP contribution in [0.25, 0.3) is 22.2 Å². The standard InChI is InChI=1S/C24H23N3O/c25-24-23-21(15-26-24)20(16-6-4-5-7-16)14-22(27-23)17-10-12-19(13-11-17)28-18-8-2-1-3-9-18/h1-3,8-16,26H,4-7,25H2. The third-order valence-electron chi connectivity index (χ3n) is 5.64. The second kappa shape index (κ2) is 7.04. The average molecular weight is 369 g/mol. The maximum absolute atomic E-state index is 6.16. The summed E-state index contributed by atoms with van der Waals surface area (Å²) in [5.41, 5.74) is 10.4. The quantitative estimate of drug-likeness (QED) is 0.446. The van der Waals surface area contributed by atoms with Crippen molar-refractivity contribution in [3.05, 3.63) is 72.4 Å². The number of pyridine rings is 1. The number of nitrogens with zero attached hydrogens (tertiary/aromatic N) is 1. The highest BCUT2D eigenvalue weighted by molar-refractivity contribution is 5.93. The molecule has 0 saturated heterocycles. The fourth-order valence-electron chi connectivity index (χ4n) is 4.19. The van der Waals surface area contributed by atoms with Crippen LogP contribution in [0.5, 0.6) is 11.5 Å². The molecule has 0 radical (unpaired) electrons. The first-order chi connectivity index (χ1) is 13.8. The zero-order valence-electron chi connectivity index (χ0n) is 15.7. The number of rotatable bonds is 4.